The van der Waals surface area contributed by atoms with Gasteiger partial charge in [-0.15, -0.1) is 11.6 Å². The number of hydrogen-bond acceptors (Lipinski definition) is 2. The van der Waals surface area contributed by atoms with Crippen molar-refractivity contribution < 1.29 is 0 Å². The third-order valence-corrected chi connectivity index (χ3v) is 6.59. The van der Waals surface area contributed by atoms with Gasteiger partial charge in [-0.25, -0.2) is 0 Å². The van der Waals surface area contributed by atoms with Crippen molar-refractivity contribution in [2.24, 2.45) is 4.99 Å². The minimum atomic E-state index is -0.352. The second-order valence-corrected chi connectivity index (χ2v) is 8.28. The Bertz CT molecular complexity index is 161. The average molecular weight is 207 g/mol. The summed E-state index contributed by atoms with van der Waals surface area (Å²) in [5, 5.41) is 1.27. The van der Waals surface area contributed by atoms with Crippen molar-refractivity contribution in [1.29, 1.82) is 0 Å². The van der Waals surface area contributed by atoms with Crippen molar-refractivity contribution in [3.63, 3.8) is 0 Å². The molecule has 1 nitrogen and oxygen atoms in total. The number of alkyl halides is 1. The van der Waals surface area contributed by atoms with Crippen molar-refractivity contribution in [1.82, 2.24) is 0 Å². The first-order valence-corrected chi connectivity index (χ1v) is 7.73. The van der Waals surface area contributed by atoms with Crippen molar-refractivity contribution in [3.8, 4) is 0 Å². The Labute approximate surface area is 79.2 Å². The standard InChI is InChI=1S/C7H13ClNSSi/c1-11(2)7(8)10-6-4-3-5-9-6/h7H,3-5H2,1-2H3. The van der Waals surface area contributed by atoms with Crippen LogP contribution in [-0.4, -0.2) is 24.7 Å². The molecular formula is C7H13ClNSSi. The molecule has 0 spiro atoms. The van der Waals surface area contributed by atoms with Crippen LogP contribution in [0.2, 0.25) is 13.1 Å². The molecule has 1 heterocycles. The van der Waals surface area contributed by atoms with E-state index in [0.29, 0.717) is 4.33 Å². The van der Waals surface area contributed by atoms with Gasteiger partial charge in [-0.2, -0.15) is 0 Å². The van der Waals surface area contributed by atoms with E-state index in [9.17, 15) is 0 Å². The lowest BCUT2D eigenvalue weighted by Crippen LogP contribution is -2.15. The Balaban J connectivity index is 2.29. The SMILES string of the molecule is C[Si](C)C(Cl)SC1=NCCC1. The molecule has 0 N–H and O–H groups in total. The van der Waals surface area contributed by atoms with Crippen LogP contribution in [-0.2, 0) is 0 Å². The van der Waals surface area contributed by atoms with E-state index < -0.39 is 0 Å². The predicted octanol–water partition coefficient (Wildman–Crippen LogP) is 2.77. The largest absolute Gasteiger partial charge is 0.283 e. The lowest BCUT2D eigenvalue weighted by atomic mass is 10.4. The van der Waals surface area contributed by atoms with Crippen LogP contribution in [0.3, 0.4) is 0 Å². The van der Waals surface area contributed by atoms with Crippen molar-refractivity contribution >= 4 is 37.2 Å². The highest BCUT2D eigenvalue weighted by molar-refractivity contribution is 8.16. The number of aliphatic imine (C=N–C) groups is 1. The van der Waals surface area contributed by atoms with E-state index in [2.05, 4.69) is 18.1 Å². The summed E-state index contributed by atoms with van der Waals surface area (Å²) < 4.78 is 0.303. The molecule has 1 rings (SSSR count). The fourth-order valence-electron chi connectivity index (χ4n) is 0.847. The van der Waals surface area contributed by atoms with Gasteiger partial charge >= 0.3 is 0 Å². The molecule has 4 heteroatoms. The molecule has 1 radical (unpaired) electrons. The second kappa shape index (κ2) is 4.53. The molecular weight excluding hydrogens is 194 g/mol. The predicted molar refractivity (Wildman–Crippen MR) is 56.3 cm³/mol. The van der Waals surface area contributed by atoms with E-state index in [1.807, 2.05) is 0 Å². The van der Waals surface area contributed by atoms with Gasteiger partial charge in [0, 0.05) is 6.54 Å². The summed E-state index contributed by atoms with van der Waals surface area (Å²) in [5.41, 5.74) is 0. The quantitative estimate of drug-likeness (QED) is 0.500. The molecule has 63 valence electrons. The number of hydrogen-bond donors (Lipinski definition) is 0. The molecule has 0 saturated carbocycles. The minimum Gasteiger partial charge on any atom is -0.283 e. The zero-order valence-electron chi connectivity index (χ0n) is 6.93. The molecule has 0 aromatic carbocycles. The number of halogens is 1. The fourth-order valence-corrected chi connectivity index (χ4v) is 3.17. The zero-order chi connectivity index (χ0) is 8.27. The van der Waals surface area contributed by atoms with Gasteiger partial charge in [0.05, 0.1) is 18.2 Å². The zero-order valence-corrected chi connectivity index (χ0v) is 9.50. The molecule has 0 aromatic heterocycles. The van der Waals surface area contributed by atoms with Gasteiger partial charge < -0.3 is 0 Å². The van der Waals surface area contributed by atoms with Crippen LogP contribution in [0, 0.1) is 0 Å². The first-order valence-electron chi connectivity index (χ1n) is 3.84. The third kappa shape index (κ3) is 3.17. The van der Waals surface area contributed by atoms with E-state index >= 15 is 0 Å². The number of thioether (sulfide) groups is 1. The molecule has 0 saturated heterocycles. The smallest absolute Gasteiger partial charge is 0.0776 e. The minimum absolute atomic E-state index is 0.303. The normalized spacial score (nSPS) is 20.5. The molecule has 0 bridgehead atoms. The van der Waals surface area contributed by atoms with Crippen LogP contribution in [0.5, 0.6) is 0 Å². The van der Waals surface area contributed by atoms with Crippen LogP contribution in [0.25, 0.3) is 0 Å². The van der Waals surface area contributed by atoms with Crippen LogP contribution in [0.1, 0.15) is 12.8 Å². The van der Waals surface area contributed by atoms with E-state index in [1.165, 1.54) is 11.5 Å². The summed E-state index contributed by atoms with van der Waals surface area (Å²) in [6, 6.07) is 0. The van der Waals surface area contributed by atoms with Crippen molar-refractivity contribution in [3.05, 3.63) is 0 Å². The van der Waals surface area contributed by atoms with Gasteiger partial charge in [0.15, 0.2) is 0 Å². The van der Waals surface area contributed by atoms with E-state index in [1.54, 1.807) is 11.8 Å². The van der Waals surface area contributed by atoms with Crippen molar-refractivity contribution in [2.75, 3.05) is 6.54 Å². The summed E-state index contributed by atoms with van der Waals surface area (Å²) in [6.07, 6.45) is 2.38. The van der Waals surface area contributed by atoms with Crippen LogP contribution < -0.4 is 0 Å². The molecule has 11 heavy (non-hydrogen) atoms. The highest BCUT2D eigenvalue weighted by atomic mass is 35.5. The Morgan fingerprint density at radius 2 is 2.36 bits per heavy atom. The van der Waals surface area contributed by atoms with Crippen molar-refractivity contribution in [2.45, 2.75) is 30.3 Å². The molecule has 0 aromatic rings. The van der Waals surface area contributed by atoms with Crippen LogP contribution in [0.4, 0.5) is 0 Å². The first kappa shape index (κ1) is 9.61. The van der Waals surface area contributed by atoms with Gasteiger partial charge in [0.1, 0.15) is 0 Å². The monoisotopic (exact) mass is 206 g/mol. The second-order valence-electron chi connectivity index (χ2n) is 2.89. The maximum absolute atomic E-state index is 6.12. The Hall–Kier alpha value is 0.527. The van der Waals surface area contributed by atoms with E-state index in [-0.39, 0.29) is 8.80 Å². The molecule has 0 aliphatic carbocycles. The Kier molecular flexibility index (Phi) is 3.96. The summed E-state index contributed by atoms with van der Waals surface area (Å²) >= 11 is 7.90. The van der Waals surface area contributed by atoms with Gasteiger partial charge in [-0.1, -0.05) is 24.9 Å². The molecule has 1 aliphatic rings. The summed E-state index contributed by atoms with van der Waals surface area (Å²) in [4.78, 5) is 4.37. The lowest BCUT2D eigenvalue weighted by Gasteiger charge is -2.10. The Morgan fingerprint density at radius 3 is 2.82 bits per heavy atom. The molecule has 0 fully saturated rings. The lowest BCUT2D eigenvalue weighted by molar-refractivity contribution is 0.952. The molecule has 1 atom stereocenters. The molecule has 1 unspecified atom stereocenters. The van der Waals surface area contributed by atoms with Gasteiger partial charge in [-0.3, -0.25) is 4.99 Å². The van der Waals surface area contributed by atoms with Crippen LogP contribution >= 0.6 is 23.4 Å². The van der Waals surface area contributed by atoms with Gasteiger partial charge in [0.2, 0.25) is 0 Å². The van der Waals surface area contributed by atoms with Gasteiger partial charge in [0.25, 0.3) is 0 Å². The Morgan fingerprint density at radius 1 is 1.64 bits per heavy atom. The summed E-state index contributed by atoms with van der Waals surface area (Å²) in [6.45, 7) is 5.50. The summed E-state index contributed by atoms with van der Waals surface area (Å²) in [5.74, 6) is 0. The molecule has 1 aliphatic heterocycles. The van der Waals surface area contributed by atoms with E-state index in [0.717, 1.165) is 13.0 Å². The average Bonchev–Trinajstić information content (AvgIpc) is 2.39. The third-order valence-electron chi connectivity index (χ3n) is 1.53. The topological polar surface area (TPSA) is 12.4 Å². The van der Waals surface area contributed by atoms with Crippen LogP contribution in [0.15, 0.2) is 4.99 Å². The maximum atomic E-state index is 6.12. The van der Waals surface area contributed by atoms with E-state index in [4.69, 9.17) is 11.6 Å². The fraction of sp³-hybridized carbons (Fsp3) is 0.857. The highest BCUT2D eigenvalue weighted by Crippen LogP contribution is 2.24. The number of rotatable bonds is 2. The van der Waals surface area contributed by atoms with Gasteiger partial charge in [-0.05, 0) is 12.8 Å². The number of nitrogens with zero attached hydrogens (tertiary/aromatic N) is 1. The summed E-state index contributed by atoms with van der Waals surface area (Å²) in [7, 11) is -0.352. The maximum Gasteiger partial charge on any atom is 0.0776 e. The highest BCUT2D eigenvalue weighted by Gasteiger charge is 2.16. The first-order chi connectivity index (χ1) is 5.20. The molecule has 0 amide bonds.